The SMILES string of the molecule is Cc1ccc(C2CCN(C(=O)C3CC(C)(O)C3)CC2)cc1C1CC1. The van der Waals surface area contributed by atoms with E-state index < -0.39 is 5.60 Å². The van der Waals surface area contributed by atoms with Crippen molar-refractivity contribution in [3.63, 3.8) is 0 Å². The van der Waals surface area contributed by atoms with Gasteiger partial charge in [0.2, 0.25) is 5.91 Å². The summed E-state index contributed by atoms with van der Waals surface area (Å²) in [5, 5.41) is 9.85. The summed E-state index contributed by atoms with van der Waals surface area (Å²) in [6.07, 6.45) is 6.11. The highest BCUT2D eigenvalue weighted by atomic mass is 16.3. The average Bonchev–Trinajstić information content (AvgIpc) is 3.37. The van der Waals surface area contributed by atoms with Crippen molar-refractivity contribution < 1.29 is 9.90 Å². The van der Waals surface area contributed by atoms with E-state index in [0.717, 1.165) is 31.8 Å². The molecule has 0 spiro atoms. The maximum absolute atomic E-state index is 12.5. The molecule has 0 radical (unpaired) electrons. The number of likely N-dealkylation sites (tertiary alicyclic amines) is 1. The normalized spacial score (nSPS) is 31.0. The summed E-state index contributed by atoms with van der Waals surface area (Å²) in [5.74, 6) is 1.72. The van der Waals surface area contributed by atoms with Crippen LogP contribution in [0.1, 0.15) is 74.0 Å². The number of carbonyl (C=O) groups excluding carboxylic acids is 1. The smallest absolute Gasteiger partial charge is 0.225 e. The summed E-state index contributed by atoms with van der Waals surface area (Å²) in [6.45, 7) is 5.80. The Morgan fingerprint density at radius 1 is 1.12 bits per heavy atom. The van der Waals surface area contributed by atoms with Crippen molar-refractivity contribution in [3.8, 4) is 0 Å². The van der Waals surface area contributed by atoms with Gasteiger partial charge in [-0.2, -0.15) is 0 Å². The second-order valence-corrected chi connectivity index (χ2v) is 8.59. The topological polar surface area (TPSA) is 40.5 Å². The maximum Gasteiger partial charge on any atom is 0.225 e. The number of rotatable bonds is 3. The summed E-state index contributed by atoms with van der Waals surface area (Å²) in [5.41, 5.74) is 3.86. The third-order valence-corrected chi connectivity index (χ3v) is 6.32. The van der Waals surface area contributed by atoms with Gasteiger partial charge in [-0.3, -0.25) is 4.79 Å². The number of amides is 1. The van der Waals surface area contributed by atoms with E-state index >= 15 is 0 Å². The number of benzene rings is 1. The number of aliphatic hydroxyl groups is 1. The molecule has 0 bridgehead atoms. The summed E-state index contributed by atoms with van der Waals surface area (Å²) in [7, 11) is 0. The summed E-state index contributed by atoms with van der Waals surface area (Å²) >= 11 is 0. The molecule has 0 unspecified atom stereocenters. The van der Waals surface area contributed by atoms with Gasteiger partial charge in [-0.1, -0.05) is 18.2 Å². The van der Waals surface area contributed by atoms with Crippen LogP contribution >= 0.6 is 0 Å². The molecule has 1 aromatic carbocycles. The number of nitrogens with zero attached hydrogens (tertiary/aromatic N) is 1. The lowest BCUT2D eigenvalue weighted by atomic mass is 9.71. The fourth-order valence-corrected chi connectivity index (χ4v) is 4.61. The predicted octanol–water partition coefficient (Wildman–Crippen LogP) is 3.74. The van der Waals surface area contributed by atoms with Crippen LogP contribution in [0, 0.1) is 12.8 Å². The fraction of sp³-hybridized carbons (Fsp3) is 0.667. The maximum atomic E-state index is 12.5. The van der Waals surface area contributed by atoms with E-state index in [4.69, 9.17) is 0 Å². The molecule has 3 nitrogen and oxygen atoms in total. The highest BCUT2D eigenvalue weighted by Gasteiger charge is 2.44. The molecule has 4 rings (SSSR count). The average molecular weight is 327 g/mol. The zero-order valence-corrected chi connectivity index (χ0v) is 14.9. The molecule has 1 N–H and O–H groups in total. The first-order chi connectivity index (χ1) is 11.4. The largest absolute Gasteiger partial charge is 0.390 e. The number of hydrogen-bond acceptors (Lipinski definition) is 2. The minimum atomic E-state index is -0.611. The lowest BCUT2D eigenvalue weighted by molar-refractivity contribution is -0.150. The molecule has 0 aromatic heterocycles. The number of aryl methyl sites for hydroxylation is 1. The minimum Gasteiger partial charge on any atom is -0.390 e. The molecule has 24 heavy (non-hydrogen) atoms. The monoisotopic (exact) mass is 327 g/mol. The van der Waals surface area contributed by atoms with Crippen LogP contribution in [-0.2, 0) is 4.79 Å². The van der Waals surface area contributed by atoms with Crippen molar-refractivity contribution in [2.45, 2.75) is 69.8 Å². The second kappa shape index (κ2) is 5.87. The van der Waals surface area contributed by atoms with Crippen molar-refractivity contribution in [2.75, 3.05) is 13.1 Å². The van der Waals surface area contributed by atoms with Crippen LogP contribution in [0.5, 0.6) is 0 Å². The molecule has 3 heteroatoms. The molecule has 1 aromatic rings. The minimum absolute atomic E-state index is 0.0531. The molecular formula is C21H29NO2. The van der Waals surface area contributed by atoms with Gasteiger partial charge >= 0.3 is 0 Å². The molecular weight excluding hydrogens is 298 g/mol. The highest BCUT2D eigenvalue weighted by Crippen LogP contribution is 2.43. The third-order valence-electron chi connectivity index (χ3n) is 6.32. The van der Waals surface area contributed by atoms with E-state index in [1.807, 2.05) is 11.8 Å². The van der Waals surface area contributed by atoms with Crippen molar-refractivity contribution in [2.24, 2.45) is 5.92 Å². The van der Waals surface area contributed by atoms with Gasteiger partial charge in [0, 0.05) is 19.0 Å². The molecule has 1 aliphatic heterocycles. The van der Waals surface area contributed by atoms with Crippen molar-refractivity contribution in [3.05, 3.63) is 34.9 Å². The van der Waals surface area contributed by atoms with Crippen LogP contribution in [0.4, 0.5) is 0 Å². The van der Waals surface area contributed by atoms with Crippen molar-refractivity contribution in [1.82, 2.24) is 4.90 Å². The van der Waals surface area contributed by atoms with E-state index in [2.05, 4.69) is 25.1 Å². The Hall–Kier alpha value is -1.35. The summed E-state index contributed by atoms with van der Waals surface area (Å²) in [6, 6.07) is 7.03. The van der Waals surface area contributed by atoms with Gasteiger partial charge < -0.3 is 10.0 Å². The Kier molecular flexibility index (Phi) is 3.95. The lowest BCUT2D eigenvalue weighted by Gasteiger charge is -2.43. The summed E-state index contributed by atoms with van der Waals surface area (Å²) < 4.78 is 0. The number of hydrogen-bond donors (Lipinski definition) is 1. The van der Waals surface area contributed by atoms with E-state index in [1.165, 1.54) is 24.0 Å². The van der Waals surface area contributed by atoms with Gasteiger partial charge in [0.25, 0.3) is 0 Å². The number of carbonyl (C=O) groups is 1. The highest BCUT2D eigenvalue weighted by molar-refractivity contribution is 5.80. The van der Waals surface area contributed by atoms with Crippen LogP contribution in [-0.4, -0.2) is 34.6 Å². The van der Waals surface area contributed by atoms with Gasteiger partial charge in [-0.15, -0.1) is 0 Å². The van der Waals surface area contributed by atoms with E-state index in [1.54, 1.807) is 5.56 Å². The van der Waals surface area contributed by atoms with Crippen LogP contribution < -0.4 is 0 Å². The van der Waals surface area contributed by atoms with Gasteiger partial charge in [-0.05, 0) is 80.9 Å². The first-order valence-corrected chi connectivity index (χ1v) is 9.54. The molecule has 130 valence electrons. The first kappa shape index (κ1) is 16.1. The Morgan fingerprint density at radius 3 is 2.38 bits per heavy atom. The van der Waals surface area contributed by atoms with E-state index in [9.17, 15) is 9.90 Å². The van der Waals surface area contributed by atoms with Crippen LogP contribution in [0.2, 0.25) is 0 Å². The Balaban J connectivity index is 1.36. The Labute approximate surface area is 145 Å². The molecule has 1 heterocycles. The lowest BCUT2D eigenvalue weighted by Crippen LogP contribution is -2.51. The predicted molar refractivity (Wildman–Crippen MR) is 95.1 cm³/mol. The number of piperidine rings is 1. The van der Waals surface area contributed by atoms with Crippen molar-refractivity contribution in [1.29, 1.82) is 0 Å². The Morgan fingerprint density at radius 2 is 1.79 bits per heavy atom. The molecule has 3 fully saturated rings. The Bertz CT molecular complexity index is 631. The third kappa shape index (κ3) is 3.11. The van der Waals surface area contributed by atoms with Gasteiger partial charge in [0.15, 0.2) is 0 Å². The van der Waals surface area contributed by atoms with Crippen molar-refractivity contribution >= 4 is 5.91 Å². The van der Waals surface area contributed by atoms with Crippen LogP contribution in [0.15, 0.2) is 18.2 Å². The molecule has 1 amide bonds. The van der Waals surface area contributed by atoms with Crippen LogP contribution in [0.25, 0.3) is 0 Å². The van der Waals surface area contributed by atoms with Gasteiger partial charge in [-0.25, -0.2) is 0 Å². The summed E-state index contributed by atoms with van der Waals surface area (Å²) in [4.78, 5) is 14.6. The molecule has 2 aliphatic carbocycles. The quantitative estimate of drug-likeness (QED) is 0.919. The first-order valence-electron chi connectivity index (χ1n) is 9.54. The zero-order valence-electron chi connectivity index (χ0n) is 14.9. The van der Waals surface area contributed by atoms with Gasteiger partial charge in [0.1, 0.15) is 0 Å². The van der Waals surface area contributed by atoms with Gasteiger partial charge in [0.05, 0.1) is 5.60 Å². The molecule has 2 saturated carbocycles. The zero-order chi connectivity index (χ0) is 16.9. The standard InChI is InChI=1S/C21H29NO2/c1-14-3-4-17(11-19(14)16-5-6-16)15-7-9-22(10-8-15)20(23)18-12-21(2,24)13-18/h3-4,11,15-16,18,24H,5-10,12-13H2,1-2H3. The van der Waals surface area contributed by atoms with E-state index in [0.29, 0.717) is 18.8 Å². The van der Waals surface area contributed by atoms with E-state index in [-0.39, 0.29) is 11.8 Å². The molecule has 0 atom stereocenters. The van der Waals surface area contributed by atoms with Crippen LogP contribution in [0.3, 0.4) is 0 Å². The molecule has 1 saturated heterocycles. The fourth-order valence-electron chi connectivity index (χ4n) is 4.61. The second-order valence-electron chi connectivity index (χ2n) is 8.59. The molecule has 3 aliphatic rings.